The van der Waals surface area contributed by atoms with Crippen molar-refractivity contribution < 1.29 is 9.90 Å². The van der Waals surface area contributed by atoms with Crippen LogP contribution < -0.4 is 5.32 Å². The Morgan fingerprint density at radius 1 is 1.45 bits per heavy atom. The molecule has 0 amide bonds. The Balaban J connectivity index is 4.09. The van der Waals surface area contributed by atoms with E-state index in [1.807, 2.05) is 13.8 Å². The highest BCUT2D eigenvalue weighted by Crippen LogP contribution is 2.12. The number of carboxylic acids is 1. The number of rotatable bonds is 5. The minimum Gasteiger partial charge on any atom is -0.480 e. The van der Waals surface area contributed by atoms with Crippen molar-refractivity contribution in [2.45, 2.75) is 32.7 Å². The Hall–Kier alpha value is -0.570. The van der Waals surface area contributed by atoms with E-state index in [0.29, 0.717) is 0 Å². The Labute approximate surface area is 67.8 Å². The Bertz CT molecular complexity index is 121. The standard InChI is InChI=1S/C8H17NO2/c1-4-6(5-2)7(9-3)8(10)11/h6-7,9H,4-5H2,1-3H3,(H,10,11)/t7-/m0/s1. The van der Waals surface area contributed by atoms with Gasteiger partial charge in [0.05, 0.1) is 0 Å². The molecule has 0 rings (SSSR count). The first-order valence-corrected chi connectivity index (χ1v) is 4.07. The SMILES string of the molecule is CCC(CC)[C@H](NC)C(=O)O. The molecule has 0 bridgehead atoms. The van der Waals surface area contributed by atoms with Crippen molar-refractivity contribution in [2.75, 3.05) is 7.05 Å². The second kappa shape index (κ2) is 5.13. The molecule has 0 saturated heterocycles. The van der Waals surface area contributed by atoms with Crippen LogP contribution in [0.25, 0.3) is 0 Å². The summed E-state index contributed by atoms with van der Waals surface area (Å²) in [6.07, 6.45) is 1.82. The van der Waals surface area contributed by atoms with Crippen molar-refractivity contribution in [1.29, 1.82) is 0 Å². The van der Waals surface area contributed by atoms with Gasteiger partial charge in [0.1, 0.15) is 6.04 Å². The molecule has 0 aromatic carbocycles. The second-order valence-electron chi connectivity index (χ2n) is 2.68. The molecule has 11 heavy (non-hydrogen) atoms. The molecule has 2 N–H and O–H groups in total. The molecule has 0 aromatic rings. The zero-order valence-corrected chi connectivity index (χ0v) is 7.42. The van der Waals surface area contributed by atoms with Gasteiger partial charge in [-0.2, -0.15) is 0 Å². The summed E-state index contributed by atoms with van der Waals surface area (Å²) < 4.78 is 0. The van der Waals surface area contributed by atoms with Gasteiger partial charge in [0.2, 0.25) is 0 Å². The Morgan fingerprint density at radius 2 is 1.91 bits per heavy atom. The van der Waals surface area contributed by atoms with Gasteiger partial charge in [-0.05, 0) is 13.0 Å². The van der Waals surface area contributed by atoms with Crippen LogP contribution in [0.5, 0.6) is 0 Å². The molecule has 0 radical (unpaired) electrons. The van der Waals surface area contributed by atoms with Gasteiger partial charge in [-0.25, -0.2) is 0 Å². The van der Waals surface area contributed by atoms with Crippen LogP contribution in [-0.2, 0) is 4.79 Å². The van der Waals surface area contributed by atoms with Gasteiger partial charge in [-0.1, -0.05) is 26.7 Å². The molecule has 1 atom stereocenters. The highest BCUT2D eigenvalue weighted by atomic mass is 16.4. The van der Waals surface area contributed by atoms with E-state index < -0.39 is 5.97 Å². The van der Waals surface area contributed by atoms with Gasteiger partial charge in [-0.15, -0.1) is 0 Å². The van der Waals surface area contributed by atoms with Crippen LogP contribution in [0, 0.1) is 5.92 Å². The quantitative estimate of drug-likeness (QED) is 0.631. The Morgan fingerprint density at radius 3 is 2.00 bits per heavy atom. The lowest BCUT2D eigenvalue weighted by Gasteiger charge is -2.20. The van der Waals surface area contributed by atoms with E-state index in [0.717, 1.165) is 12.8 Å². The molecular formula is C8H17NO2. The number of likely N-dealkylation sites (N-methyl/N-ethyl adjacent to an activating group) is 1. The van der Waals surface area contributed by atoms with E-state index in [1.54, 1.807) is 7.05 Å². The van der Waals surface area contributed by atoms with Crippen molar-refractivity contribution in [3.05, 3.63) is 0 Å². The van der Waals surface area contributed by atoms with E-state index >= 15 is 0 Å². The van der Waals surface area contributed by atoms with E-state index in [-0.39, 0.29) is 12.0 Å². The molecule has 0 aliphatic heterocycles. The van der Waals surface area contributed by atoms with Crippen molar-refractivity contribution in [2.24, 2.45) is 5.92 Å². The second-order valence-corrected chi connectivity index (χ2v) is 2.68. The zero-order valence-electron chi connectivity index (χ0n) is 7.42. The van der Waals surface area contributed by atoms with Gasteiger partial charge in [0.15, 0.2) is 0 Å². The molecule has 0 aliphatic rings. The molecule has 0 unspecified atom stereocenters. The van der Waals surface area contributed by atoms with E-state index in [1.165, 1.54) is 0 Å². The van der Waals surface area contributed by atoms with Crippen LogP contribution in [0.15, 0.2) is 0 Å². The van der Waals surface area contributed by atoms with Gasteiger partial charge < -0.3 is 10.4 Å². The van der Waals surface area contributed by atoms with Gasteiger partial charge in [0, 0.05) is 0 Å². The number of hydrogen-bond acceptors (Lipinski definition) is 2. The average molecular weight is 159 g/mol. The number of aliphatic carboxylic acids is 1. The number of carboxylic acid groups (broad SMARTS) is 1. The number of hydrogen-bond donors (Lipinski definition) is 2. The fraction of sp³-hybridized carbons (Fsp3) is 0.875. The molecule has 66 valence electrons. The van der Waals surface area contributed by atoms with Crippen molar-refractivity contribution >= 4 is 5.97 Å². The first-order valence-electron chi connectivity index (χ1n) is 4.07. The third-order valence-corrected chi connectivity index (χ3v) is 2.10. The average Bonchev–Trinajstić information content (AvgIpc) is 1.99. The molecule has 0 aliphatic carbocycles. The third-order valence-electron chi connectivity index (χ3n) is 2.10. The lowest BCUT2D eigenvalue weighted by atomic mass is 9.94. The molecule has 0 fully saturated rings. The fourth-order valence-corrected chi connectivity index (χ4v) is 1.32. The molecule has 0 saturated carbocycles. The number of nitrogens with one attached hydrogen (secondary N) is 1. The van der Waals surface area contributed by atoms with Gasteiger partial charge in [0.25, 0.3) is 0 Å². The fourth-order valence-electron chi connectivity index (χ4n) is 1.32. The largest absolute Gasteiger partial charge is 0.480 e. The summed E-state index contributed by atoms with van der Waals surface area (Å²) in [4.78, 5) is 10.6. The maximum Gasteiger partial charge on any atom is 0.320 e. The summed E-state index contributed by atoms with van der Waals surface area (Å²) in [5.74, 6) is -0.501. The molecule has 3 heteroatoms. The predicted octanol–water partition coefficient (Wildman–Crippen LogP) is 1.10. The smallest absolute Gasteiger partial charge is 0.320 e. The normalized spacial score (nSPS) is 13.5. The molecule has 3 nitrogen and oxygen atoms in total. The van der Waals surface area contributed by atoms with Gasteiger partial charge >= 0.3 is 5.97 Å². The van der Waals surface area contributed by atoms with Crippen molar-refractivity contribution in [3.8, 4) is 0 Å². The number of carbonyl (C=O) groups is 1. The summed E-state index contributed by atoms with van der Waals surface area (Å²) in [6.45, 7) is 4.03. The minimum absolute atomic E-state index is 0.248. The summed E-state index contributed by atoms with van der Waals surface area (Å²) in [6, 6.07) is -0.384. The lowest BCUT2D eigenvalue weighted by molar-refractivity contribution is -0.140. The van der Waals surface area contributed by atoms with Crippen LogP contribution in [-0.4, -0.2) is 24.2 Å². The van der Waals surface area contributed by atoms with E-state index in [9.17, 15) is 4.79 Å². The van der Waals surface area contributed by atoms with Gasteiger partial charge in [-0.3, -0.25) is 4.79 Å². The Kier molecular flexibility index (Phi) is 4.86. The highest BCUT2D eigenvalue weighted by molar-refractivity contribution is 5.73. The lowest BCUT2D eigenvalue weighted by Crippen LogP contribution is -2.40. The predicted molar refractivity (Wildman–Crippen MR) is 44.6 cm³/mol. The van der Waals surface area contributed by atoms with Crippen LogP contribution in [0.1, 0.15) is 26.7 Å². The molecule has 0 spiro atoms. The summed E-state index contributed by atoms with van der Waals surface area (Å²) >= 11 is 0. The summed E-state index contributed by atoms with van der Waals surface area (Å²) in [5, 5.41) is 11.5. The minimum atomic E-state index is -0.749. The monoisotopic (exact) mass is 159 g/mol. The first kappa shape index (κ1) is 10.4. The van der Waals surface area contributed by atoms with E-state index in [2.05, 4.69) is 5.32 Å². The van der Waals surface area contributed by atoms with Crippen molar-refractivity contribution in [3.63, 3.8) is 0 Å². The summed E-state index contributed by atoms with van der Waals surface area (Å²) in [5.41, 5.74) is 0. The molecular weight excluding hydrogens is 142 g/mol. The van der Waals surface area contributed by atoms with E-state index in [4.69, 9.17) is 5.11 Å². The maximum atomic E-state index is 10.6. The molecule has 0 aromatic heterocycles. The van der Waals surface area contributed by atoms with Crippen molar-refractivity contribution in [1.82, 2.24) is 5.32 Å². The third kappa shape index (κ3) is 2.89. The topological polar surface area (TPSA) is 49.3 Å². The van der Waals surface area contributed by atoms with Crippen LogP contribution in [0.3, 0.4) is 0 Å². The first-order chi connectivity index (χ1) is 5.17. The highest BCUT2D eigenvalue weighted by Gasteiger charge is 2.22. The summed E-state index contributed by atoms with van der Waals surface area (Å²) in [7, 11) is 1.69. The van der Waals surface area contributed by atoms with Crippen LogP contribution in [0.2, 0.25) is 0 Å². The molecule has 0 heterocycles. The van der Waals surface area contributed by atoms with Crippen LogP contribution in [0.4, 0.5) is 0 Å². The zero-order chi connectivity index (χ0) is 8.85. The van der Waals surface area contributed by atoms with Crippen LogP contribution >= 0.6 is 0 Å². The maximum absolute atomic E-state index is 10.6.